The minimum Gasteiger partial charge on any atom is -0.494 e. The molecule has 0 atom stereocenters. The third-order valence-corrected chi connectivity index (χ3v) is 3.61. The Balaban J connectivity index is 1.99. The first-order valence-corrected chi connectivity index (χ1v) is 7.31. The number of benzene rings is 1. The molecule has 4 nitrogen and oxygen atoms in total. The molecular formula is C17H16ClN3O. The van der Waals surface area contributed by atoms with Gasteiger partial charge in [0.05, 0.1) is 13.3 Å². The quantitative estimate of drug-likeness (QED) is 0.736. The van der Waals surface area contributed by atoms with Crippen LogP contribution in [0.15, 0.2) is 48.8 Å². The number of pyridine rings is 1. The Morgan fingerprint density at radius 2 is 2.09 bits per heavy atom. The van der Waals surface area contributed by atoms with Gasteiger partial charge >= 0.3 is 0 Å². The van der Waals surface area contributed by atoms with E-state index < -0.39 is 0 Å². The number of hydrogen-bond acceptors (Lipinski definition) is 3. The normalized spacial score (nSPS) is 10.7. The van der Waals surface area contributed by atoms with Crippen molar-refractivity contribution < 1.29 is 4.74 Å². The highest BCUT2D eigenvalue weighted by Gasteiger charge is 2.10. The zero-order valence-corrected chi connectivity index (χ0v) is 13.2. The van der Waals surface area contributed by atoms with E-state index in [1.54, 1.807) is 11.8 Å². The van der Waals surface area contributed by atoms with E-state index in [0.717, 1.165) is 34.7 Å². The van der Waals surface area contributed by atoms with Crippen LogP contribution in [0.25, 0.3) is 11.3 Å². The smallest absolute Gasteiger partial charge is 0.145 e. The van der Waals surface area contributed by atoms with Gasteiger partial charge in [-0.05, 0) is 29.8 Å². The second kappa shape index (κ2) is 6.20. The lowest BCUT2D eigenvalue weighted by Gasteiger charge is -2.10. The minimum atomic E-state index is 0.680. The fraction of sp³-hybridized carbons (Fsp3) is 0.176. The van der Waals surface area contributed by atoms with E-state index in [4.69, 9.17) is 21.3 Å². The lowest BCUT2D eigenvalue weighted by atomic mass is 10.1. The van der Waals surface area contributed by atoms with E-state index in [1.807, 2.05) is 55.8 Å². The maximum absolute atomic E-state index is 6.08. The van der Waals surface area contributed by atoms with Crippen molar-refractivity contribution in [2.45, 2.75) is 6.42 Å². The first-order chi connectivity index (χ1) is 10.7. The fourth-order valence-corrected chi connectivity index (χ4v) is 2.56. The summed E-state index contributed by atoms with van der Waals surface area (Å²) in [6.45, 7) is 0. The van der Waals surface area contributed by atoms with Gasteiger partial charge in [0.1, 0.15) is 11.4 Å². The molecule has 0 aliphatic rings. The minimum absolute atomic E-state index is 0.680. The van der Waals surface area contributed by atoms with Crippen molar-refractivity contribution in [3.63, 3.8) is 0 Å². The number of ether oxygens (including phenoxy) is 1. The molecule has 2 heterocycles. The highest BCUT2D eigenvalue weighted by atomic mass is 35.5. The molecule has 3 rings (SSSR count). The van der Waals surface area contributed by atoms with Crippen molar-refractivity contribution in [2.75, 3.05) is 7.11 Å². The van der Waals surface area contributed by atoms with Crippen LogP contribution < -0.4 is 4.74 Å². The summed E-state index contributed by atoms with van der Waals surface area (Å²) in [6.07, 6.45) is 4.57. The predicted octanol–water partition coefficient (Wildman–Crippen LogP) is 3.73. The summed E-state index contributed by atoms with van der Waals surface area (Å²) in [5, 5.41) is 4.87. The SMILES string of the molecule is COc1ccc(Cc2cnn(C)c2)nc1-c1cccc(Cl)c1. The Morgan fingerprint density at radius 1 is 1.23 bits per heavy atom. The lowest BCUT2D eigenvalue weighted by molar-refractivity contribution is 0.414. The van der Waals surface area contributed by atoms with Crippen molar-refractivity contribution in [2.24, 2.45) is 7.05 Å². The molecule has 0 aliphatic heterocycles. The highest BCUT2D eigenvalue weighted by Crippen LogP contribution is 2.30. The standard InChI is InChI=1S/C17H16ClN3O/c1-21-11-12(10-19-21)8-15-6-7-16(22-2)17(20-15)13-4-3-5-14(18)9-13/h3-7,9-11H,8H2,1-2H3. The molecule has 0 aliphatic carbocycles. The highest BCUT2D eigenvalue weighted by molar-refractivity contribution is 6.30. The molecule has 0 amide bonds. The van der Waals surface area contributed by atoms with E-state index in [9.17, 15) is 0 Å². The molecule has 0 N–H and O–H groups in total. The molecule has 0 unspecified atom stereocenters. The zero-order chi connectivity index (χ0) is 15.5. The van der Waals surface area contributed by atoms with Gasteiger partial charge < -0.3 is 4.74 Å². The Hall–Kier alpha value is -2.33. The number of aryl methyl sites for hydroxylation is 1. The average Bonchev–Trinajstić information content (AvgIpc) is 2.92. The average molecular weight is 314 g/mol. The molecule has 0 fully saturated rings. The fourth-order valence-electron chi connectivity index (χ4n) is 2.36. The Labute approximate surface area is 134 Å². The summed E-state index contributed by atoms with van der Waals surface area (Å²) in [7, 11) is 3.55. The lowest BCUT2D eigenvalue weighted by Crippen LogP contribution is -1.97. The second-order valence-corrected chi connectivity index (χ2v) is 5.50. The summed E-state index contributed by atoms with van der Waals surface area (Å²) in [5.74, 6) is 0.734. The molecule has 5 heteroatoms. The second-order valence-electron chi connectivity index (χ2n) is 5.06. The third-order valence-electron chi connectivity index (χ3n) is 3.38. The van der Waals surface area contributed by atoms with Crippen molar-refractivity contribution in [3.8, 4) is 17.0 Å². The number of rotatable bonds is 4. The molecule has 3 aromatic rings. The molecule has 0 bridgehead atoms. The molecule has 0 spiro atoms. The number of methoxy groups -OCH3 is 1. The predicted molar refractivity (Wildman–Crippen MR) is 87.2 cm³/mol. The monoisotopic (exact) mass is 313 g/mol. The van der Waals surface area contributed by atoms with Crippen molar-refractivity contribution in [3.05, 3.63) is 65.1 Å². The van der Waals surface area contributed by atoms with Crippen LogP contribution in [0, 0.1) is 0 Å². The number of halogens is 1. The summed E-state index contributed by atoms with van der Waals surface area (Å²) in [6, 6.07) is 11.5. The van der Waals surface area contributed by atoms with Crippen LogP contribution in [-0.2, 0) is 13.5 Å². The van der Waals surface area contributed by atoms with E-state index in [-0.39, 0.29) is 0 Å². The van der Waals surface area contributed by atoms with E-state index >= 15 is 0 Å². The van der Waals surface area contributed by atoms with Crippen LogP contribution in [0.4, 0.5) is 0 Å². The van der Waals surface area contributed by atoms with Gasteiger partial charge in [-0.1, -0.05) is 23.7 Å². The molecule has 2 aromatic heterocycles. The van der Waals surface area contributed by atoms with Crippen LogP contribution in [0.1, 0.15) is 11.3 Å². The summed E-state index contributed by atoms with van der Waals surface area (Å²) in [5.41, 5.74) is 3.82. The maximum atomic E-state index is 6.08. The number of aromatic nitrogens is 3. The molecule has 0 saturated carbocycles. The third kappa shape index (κ3) is 3.12. The maximum Gasteiger partial charge on any atom is 0.145 e. The summed E-state index contributed by atoms with van der Waals surface area (Å²) >= 11 is 6.08. The van der Waals surface area contributed by atoms with Gasteiger partial charge in [0.15, 0.2) is 0 Å². The number of hydrogen-bond donors (Lipinski definition) is 0. The van der Waals surface area contributed by atoms with E-state index in [0.29, 0.717) is 5.02 Å². The molecule has 0 saturated heterocycles. The topological polar surface area (TPSA) is 39.9 Å². The van der Waals surface area contributed by atoms with Crippen LogP contribution in [-0.4, -0.2) is 21.9 Å². The van der Waals surface area contributed by atoms with Gasteiger partial charge in [-0.25, -0.2) is 4.98 Å². The van der Waals surface area contributed by atoms with Crippen LogP contribution in [0.2, 0.25) is 5.02 Å². The van der Waals surface area contributed by atoms with Crippen molar-refractivity contribution in [1.29, 1.82) is 0 Å². The summed E-state index contributed by atoms with van der Waals surface area (Å²) in [4.78, 5) is 4.74. The van der Waals surface area contributed by atoms with Crippen LogP contribution >= 0.6 is 11.6 Å². The number of nitrogens with zero attached hydrogens (tertiary/aromatic N) is 3. The van der Waals surface area contributed by atoms with Gasteiger partial charge in [0.25, 0.3) is 0 Å². The van der Waals surface area contributed by atoms with Gasteiger partial charge in [-0.15, -0.1) is 0 Å². The van der Waals surface area contributed by atoms with E-state index in [2.05, 4.69) is 5.10 Å². The largest absolute Gasteiger partial charge is 0.494 e. The molecular weight excluding hydrogens is 298 g/mol. The van der Waals surface area contributed by atoms with Gasteiger partial charge in [-0.3, -0.25) is 4.68 Å². The van der Waals surface area contributed by atoms with Gasteiger partial charge in [-0.2, -0.15) is 5.10 Å². The Kier molecular flexibility index (Phi) is 4.11. The first kappa shape index (κ1) is 14.6. The molecule has 22 heavy (non-hydrogen) atoms. The van der Waals surface area contributed by atoms with Gasteiger partial charge in [0.2, 0.25) is 0 Å². The van der Waals surface area contributed by atoms with Crippen molar-refractivity contribution >= 4 is 11.6 Å². The van der Waals surface area contributed by atoms with E-state index in [1.165, 1.54) is 0 Å². The molecule has 112 valence electrons. The zero-order valence-electron chi connectivity index (χ0n) is 12.5. The molecule has 1 aromatic carbocycles. The van der Waals surface area contributed by atoms with Crippen molar-refractivity contribution in [1.82, 2.24) is 14.8 Å². The Morgan fingerprint density at radius 3 is 2.77 bits per heavy atom. The van der Waals surface area contributed by atoms with Crippen LogP contribution in [0.5, 0.6) is 5.75 Å². The van der Waals surface area contributed by atoms with Crippen LogP contribution in [0.3, 0.4) is 0 Å². The van der Waals surface area contributed by atoms with Gasteiger partial charge in [0, 0.05) is 35.9 Å². The Bertz CT molecular complexity index is 798. The first-order valence-electron chi connectivity index (χ1n) is 6.93. The summed E-state index contributed by atoms with van der Waals surface area (Å²) < 4.78 is 7.22. The molecule has 0 radical (unpaired) electrons.